The van der Waals surface area contributed by atoms with Gasteiger partial charge in [-0.3, -0.25) is 0 Å². The summed E-state index contributed by atoms with van der Waals surface area (Å²) < 4.78 is 5.29. The molecule has 0 atom stereocenters. The van der Waals surface area contributed by atoms with Gasteiger partial charge < -0.3 is 9.40 Å². The number of nitrogens with one attached hydrogen (secondary N) is 1. The molecule has 114 valence electrons. The van der Waals surface area contributed by atoms with Crippen LogP contribution in [-0.4, -0.2) is 9.97 Å². The summed E-state index contributed by atoms with van der Waals surface area (Å²) in [5.41, 5.74) is 2.21. The number of aromatic amines is 1. The first kappa shape index (κ1) is 14.0. The molecule has 4 aromatic rings. The number of nitriles is 1. The van der Waals surface area contributed by atoms with Gasteiger partial charge in [-0.15, -0.1) is 0 Å². The molecule has 2 aromatic carbocycles. The standard InChI is InChI=1S/C19H11N3O2/c20-11-14(18-21-15-6-2-3-7-16(15)22-18)10-13-9-12-5-1-4-8-17(12)24-19(13)23/h1-10H,(H,21,22). The van der Waals surface area contributed by atoms with E-state index in [-0.39, 0.29) is 5.57 Å². The number of fused-ring (bicyclic) bond motifs is 2. The highest BCUT2D eigenvalue weighted by atomic mass is 16.4. The highest BCUT2D eigenvalue weighted by molar-refractivity contribution is 5.91. The quantitative estimate of drug-likeness (QED) is 0.451. The normalized spacial score (nSPS) is 11.7. The Morgan fingerprint density at radius 3 is 2.79 bits per heavy atom. The number of hydrogen-bond donors (Lipinski definition) is 1. The van der Waals surface area contributed by atoms with Crippen LogP contribution in [0.4, 0.5) is 0 Å². The Bertz CT molecular complexity index is 1160. The number of H-pyrrole nitrogens is 1. The van der Waals surface area contributed by atoms with Gasteiger partial charge in [0.1, 0.15) is 17.5 Å². The smallest absolute Gasteiger partial charge is 0.343 e. The van der Waals surface area contributed by atoms with E-state index in [1.807, 2.05) is 36.4 Å². The van der Waals surface area contributed by atoms with Crippen LogP contribution in [0.3, 0.4) is 0 Å². The van der Waals surface area contributed by atoms with E-state index in [1.54, 1.807) is 18.2 Å². The van der Waals surface area contributed by atoms with Crippen molar-refractivity contribution in [1.82, 2.24) is 9.97 Å². The summed E-state index contributed by atoms with van der Waals surface area (Å²) >= 11 is 0. The fourth-order valence-electron chi connectivity index (χ4n) is 2.57. The summed E-state index contributed by atoms with van der Waals surface area (Å²) in [7, 11) is 0. The molecule has 2 aromatic heterocycles. The van der Waals surface area contributed by atoms with Gasteiger partial charge >= 0.3 is 5.63 Å². The number of rotatable bonds is 2. The summed E-state index contributed by atoms with van der Waals surface area (Å²) in [4.78, 5) is 19.6. The Morgan fingerprint density at radius 2 is 1.96 bits per heavy atom. The van der Waals surface area contributed by atoms with Gasteiger partial charge in [-0.1, -0.05) is 30.3 Å². The fourth-order valence-corrected chi connectivity index (χ4v) is 2.57. The van der Waals surface area contributed by atoms with E-state index in [2.05, 4.69) is 16.0 Å². The van der Waals surface area contributed by atoms with Gasteiger partial charge in [0, 0.05) is 5.39 Å². The lowest BCUT2D eigenvalue weighted by atomic mass is 10.1. The van der Waals surface area contributed by atoms with Crippen LogP contribution < -0.4 is 5.63 Å². The van der Waals surface area contributed by atoms with Crippen LogP contribution in [0.1, 0.15) is 11.4 Å². The van der Waals surface area contributed by atoms with Crippen molar-refractivity contribution < 1.29 is 4.42 Å². The van der Waals surface area contributed by atoms with Gasteiger partial charge in [0.05, 0.1) is 22.2 Å². The van der Waals surface area contributed by atoms with Crippen molar-refractivity contribution >= 4 is 33.7 Å². The lowest BCUT2D eigenvalue weighted by Gasteiger charge is -1.98. The molecule has 2 heterocycles. The van der Waals surface area contributed by atoms with Gasteiger partial charge in [0.15, 0.2) is 0 Å². The second-order valence-corrected chi connectivity index (χ2v) is 5.30. The minimum atomic E-state index is -0.488. The van der Waals surface area contributed by atoms with Crippen LogP contribution in [0, 0.1) is 11.3 Å². The van der Waals surface area contributed by atoms with Gasteiger partial charge in [-0.25, -0.2) is 9.78 Å². The molecular formula is C19H11N3O2. The summed E-state index contributed by atoms with van der Waals surface area (Å²) in [5.74, 6) is 0.422. The van der Waals surface area contributed by atoms with E-state index in [9.17, 15) is 10.1 Å². The predicted molar refractivity (Wildman–Crippen MR) is 92.1 cm³/mol. The van der Waals surface area contributed by atoms with E-state index in [4.69, 9.17) is 4.42 Å². The second kappa shape index (κ2) is 5.52. The van der Waals surface area contributed by atoms with E-state index >= 15 is 0 Å². The number of aromatic nitrogens is 2. The number of para-hydroxylation sites is 3. The molecule has 0 fully saturated rings. The third-order valence-electron chi connectivity index (χ3n) is 3.73. The molecule has 24 heavy (non-hydrogen) atoms. The molecule has 0 amide bonds. The van der Waals surface area contributed by atoms with Gasteiger partial charge in [0.2, 0.25) is 0 Å². The van der Waals surface area contributed by atoms with Crippen molar-refractivity contribution in [2.75, 3.05) is 0 Å². The highest BCUT2D eigenvalue weighted by Crippen LogP contribution is 2.20. The molecule has 0 aliphatic rings. The van der Waals surface area contributed by atoms with Gasteiger partial charge in [-0.2, -0.15) is 5.26 Å². The van der Waals surface area contributed by atoms with E-state index < -0.39 is 5.63 Å². The minimum Gasteiger partial charge on any atom is -0.422 e. The fraction of sp³-hybridized carbons (Fsp3) is 0. The Labute approximate surface area is 136 Å². The van der Waals surface area contributed by atoms with E-state index in [1.165, 1.54) is 6.08 Å². The summed E-state index contributed by atoms with van der Waals surface area (Å²) in [6, 6.07) is 18.5. The van der Waals surface area contributed by atoms with Crippen LogP contribution in [-0.2, 0) is 0 Å². The molecule has 4 rings (SSSR count). The number of hydrogen-bond acceptors (Lipinski definition) is 4. The molecule has 0 unspecified atom stereocenters. The number of nitrogens with zero attached hydrogens (tertiary/aromatic N) is 2. The van der Waals surface area contributed by atoms with Gasteiger partial charge in [-0.05, 0) is 30.3 Å². The zero-order valence-electron chi connectivity index (χ0n) is 12.5. The SMILES string of the molecule is N#CC(=Cc1cc2ccccc2oc1=O)c1nc2ccccc2[nH]1. The molecule has 0 aliphatic carbocycles. The molecule has 0 aliphatic heterocycles. The van der Waals surface area contributed by atoms with Crippen LogP contribution >= 0.6 is 0 Å². The summed E-state index contributed by atoms with van der Waals surface area (Å²) in [6.45, 7) is 0. The number of benzene rings is 2. The van der Waals surface area contributed by atoms with Crippen LogP contribution in [0.25, 0.3) is 33.7 Å². The monoisotopic (exact) mass is 313 g/mol. The molecule has 0 radical (unpaired) electrons. The first-order valence-electron chi connectivity index (χ1n) is 7.34. The van der Waals surface area contributed by atoms with Crippen molar-refractivity contribution in [2.45, 2.75) is 0 Å². The summed E-state index contributed by atoms with van der Waals surface area (Å²) in [6.07, 6.45) is 1.50. The average Bonchev–Trinajstić information content (AvgIpc) is 3.03. The predicted octanol–water partition coefficient (Wildman–Crippen LogP) is 3.73. The number of imidazole rings is 1. The first-order chi connectivity index (χ1) is 11.7. The molecule has 0 bridgehead atoms. The third kappa shape index (κ3) is 2.36. The Kier molecular flexibility index (Phi) is 3.22. The molecule has 5 heteroatoms. The number of allylic oxidation sites excluding steroid dienone is 1. The maximum atomic E-state index is 12.1. The zero-order chi connectivity index (χ0) is 16.5. The Hall–Kier alpha value is -3.65. The lowest BCUT2D eigenvalue weighted by molar-refractivity contribution is 0.559. The van der Waals surface area contributed by atoms with Crippen molar-refractivity contribution in [2.24, 2.45) is 0 Å². The molecule has 5 nitrogen and oxygen atoms in total. The Morgan fingerprint density at radius 1 is 1.17 bits per heavy atom. The van der Waals surface area contributed by atoms with Crippen molar-refractivity contribution in [3.63, 3.8) is 0 Å². The van der Waals surface area contributed by atoms with Crippen LogP contribution in [0.5, 0.6) is 0 Å². The lowest BCUT2D eigenvalue weighted by Crippen LogP contribution is -2.03. The highest BCUT2D eigenvalue weighted by Gasteiger charge is 2.10. The molecular weight excluding hydrogens is 302 g/mol. The topological polar surface area (TPSA) is 82.7 Å². The van der Waals surface area contributed by atoms with Crippen molar-refractivity contribution in [3.8, 4) is 6.07 Å². The molecule has 0 saturated carbocycles. The van der Waals surface area contributed by atoms with Crippen LogP contribution in [0.2, 0.25) is 0 Å². The zero-order valence-corrected chi connectivity index (χ0v) is 12.5. The maximum Gasteiger partial charge on any atom is 0.343 e. The largest absolute Gasteiger partial charge is 0.422 e. The Balaban J connectivity index is 1.87. The average molecular weight is 313 g/mol. The van der Waals surface area contributed by atoms with Crippen molar-refractivity contribution in [3.05, 3.63) is 76.4 Å². The molecule has 1 N–H and O–H groups in total. The van der Waals surface area contributed by atoms with E-state index in [0.29, 0.717) is 17.0 Å². The molecule has 0 saturated heterocycles. The molecule has 0 spiro atoms. The third-order valence-corrected chi connectivity index (χ3v) is 3.73. The first-order valence-corrected chi connectivity index (χ1v) is 7.34. The van der Waals surface area contributed by atoms with Gasteiger partial charge in [0.25, 0.3) is 0 Å². The van der Waals surface area contributed by atoms with Crippen molar-refractivity contribution in [1.29, 1.82) is 5.26 Å². The minimum absolute atomic E-state index is 0.272. The van der Waals surface area contributed by atoms with E-state index in [0.717, 1.165) is 16.4 Å². The summed E-state index contributed by atoms with van der Waals surface area (Å²) in [5, 5.41) is 10.3. The maximum absolute atomic E-state index is 12.1. The second-order valence-electron chi connectivity index (χ2n) is 5.30. The van der Waals surface area contributed by atoms with Crippen LogP contribution in [0.15, 0.2) is 63.8 Å².